The van der Waals surface area contributed by atoms with Gasteiger partial charge < -0.3 is 14.7 Å². The second kappa shape index (κ2) is 13.0. The lowest BCUT2D eigenvalue weighted by molar-refractivity contribution is -0.124. The van der Waals surface area contributed by atoms with Crippen molar-refractivity contribution in [2.24, 2.45) is 0 Å². The minimum absolute atomic E-state index is 0.0855. The molecule has 2 saturated heterocycles. The fourth-order valence-electron chi connectivity index (χ4n) is 6.96. The van der Waals surface area contributed by atoms with E-state index in [4.69, 9.17) is 23.2 Å². The van der Waals surface area contributed by atoms with Gasteiger partial charge in [-0.2, -0.15) is 0 Å². The molecule has 2 fully saturated rings. The van der Waals surface area contributed by atoms with Crippen molar-refractivity contribution in [3.8, 4) is 0 Å². The van der Waals surface area contributed by atoms with Crippen LogP contribution < -0.4 is 0 Å². The molecule has 0 spiro atoms. The van der Waals surface area contributed by atoms with Gasteiger partial charge in [0.1, 0.15) is 0 Å². The van der Waals surface area contributed by atoms with Crippen molar-refractivity contribution in [2.45, 2.75) is 49.5 Å². The van der Waals surface area contributed by atoms with Gasteiger partial charge in [0.05, 0.1) is 15.6 Å². The first kappa shape index (κ1) is 29.6. The van der Waals surface area contributed by atoms with Gasteiger partial charge in [0.2, 0.25) is 6.41 Å². The smallest absolute Gasteiger partial charge is 0.253 e. The number of amides is 2. The molecule has 0 bridgehead atoms. The summed E-state index contributed by atoms with van der Waals surface area (Å²) in [5.74, 6) is 0.0855. The number of nitrogens with zero attached hydrogens (tertiary/aromatic N) is 3. The summed E-state index contributed by atoms with van der Waals surface area (Å²) in [5, 5.41) is 1.11. The molecule has 2 aliphatic rings. The molecule has 2 amide bonds. The molecule has 2 heterocycles. The number of halogens is 2. The zero-order valence-electron chi connectivity index (χ0n) is 23.8. The third kappa shape index (κ3) is 6.33. The predicted octanol–water partition coefficient (Wildman–Crippen LogP) is 7.03. The Kier molecular flexibility index (Phi) is 9.38. The van der Waals surface area contributed by atoms with E-state index < -0.39 is 0 Å². The maximum absolute atomic E-state index is 13.5. The molecule has 5 nitrogen and oxygen atoms in total. The van der Waals surface area contributed by atoms with Gasteiger partial charge in [-0.05, 0) is 80.5 Å². The van der Waals surface area contributed by atoms with E-state index in [0.717, 1.165) is 82.2 Å². The molecule has 41 heavy (non-hydrogen) atoms. The van der Waals surface area contributed by atoms with Crippen LogP contribution in [0.15, 0.2) is 78.9 Å². The van der Waals surface area contributed by atoms with Crippen LogP contribution in [0, 0.1) is 0 Å². The maximum Gasteiger partial charge on any atom is 0.253 e. The Bertz CT molecular complexity index is 1330. The SMILES string of the molecule is CN(C=O)C1(c2ccccc2)CCN(CCC[C@]2(c3ccc(Cl)c(Cl)c3)CCCN(C(=O)c3ccccc3)C2)CC1. The molecular weight excluding hydrogens is 553 g/mol. The third-order valence-electron chi connectivity index (χ3n) is 9.37. The third-order valence-corrected chi connectivity index (χ3v) is 10.1. The number of likely N-dealkylation sites (tertiary alicyclic amines) is 2. The molecule has 0 saturated carbocycles. The molecule has 5 rings (SSSR count). The fourth-order valence-corrected chi connectivity index (χ4v) is 7.26. The number of rotatable bonds is 9. The predicted molar refractivity (Wildman–Crippen MR) is 167 cm³/mol. The highest BCUT2D eigenvalue weighted by atomic mass is 35.5. The molecule has 3 aromatic carbocycles. The topological polar surface area (TPSA) is 43.9 Å². The molecule has 7 heteroatoms. The summed E-state index contributed by atoms with van der Waals surface area (Å²) in [7, 11) is 1.90. The van der Waals surface area contributed by atoms with Gasteiger partial charge in [0.15, 0.2) is 0 Å². The first-order valence-electron chi connectivity index (χ1n) is 14.6. The lowest BCUT2D eigenvalue weighted by Crippen LogP contribution is -2.52. The number of hydrogen-bond donors (Lipinski definition) is 0. The van der Waals surface area contributed by atoms with Gasteiger partial charge in [0.25, 0.3) is 5.91 Å². The highest BCUT2D eigenvalue weighted by Crippen LogP contribution is 2.42. The van der Waals surface area contributed by atoms with Crippen LogP contribution in [0.25, 0.3) is 0 Å². The van der Waals surface area contributed by atoms with Crippen LogP contribution in [0.2, 0.25) is 10.0 Å². The van der Waals surface area contributed by atoms with E-state index in [-0.39, 0.29) is 16.9 Å². The van der Waals surface area contributed by atoms with Crippen LogP contribution in [-0.2, 0) is 15.7 Å². The summed E-state index contributed by atoms with van der Waals surface area (Å²) in [6, 6.07) is 26.0. The van der Waals surface area contributed by atoms with Crippen molar-refractivity contribution < 1.29 is 9.59 Å². The lowest BCUT2D eigenvalue weighted by Gasteiger charge is -2.47. The standard InChI is InChI=1S/C34H39Cl2N3O2/c1-37(26-40)34(28-12-6-3-7-13-28)18-22-38(23-19-34)20-8-16-33(29-14-15-30(35)31(36)24-29)17-9-21-39(25-33)32(41)27-10-4-2-5-11-27/h2-7,10-15,24,26H,8-9,16-23,25H2,1H3/t33-/m0/s1. The van der Waals surface area contributed by atoms with Gasteiger partial charge in [-0.1, -0.05) is 77.8 Å². The summed E-state index contributed by atoms with van der Waals surface area (Å²) in [5.41, 5.74) is 2.65. The minimum Gasteiger partial charge on any atom is -0.338 e. The zero-order valence-corrected chi connectivity index (χ0v) is 25.3. The lowest BCUT2D eigenvalue weighted by atomic mass is 9.70. The molecule has 0 aromatic heterocycles. The molecule has 0 aliphatic carbocycles. The number of benzene rings is 3. The molecule has 0 radical (unpaired) electrons. The highest BCUT2D eigenvalue weighted by molar-refractivity contribution is 6.42. The molecule has 2 aliphatic heterocycles. The summed E-state index contributed by atoms with van der Waals surface area (Å²) in [6.45, 7) is 4.27. The number of piperidine rings is 2. The van der Waals surface area contributed by atoms with Crippen LogP contribution in [0.1, 0.15) is 60.0 Å². The second-order valence-corrected chi connectivity index (χ2v) is 12.5. The Hall–Kier alpha value is -2.86. The van der Waals surface area contributed by atoms with E-state index >= 15 is 0 Å². The second-order valence-electron chi connectivity index (χ2n) is 11.7. The van der Waals surface area contributed by atoms with E-state index in [0.29, 0.717) is 16.6 Å². The highest BCUT2D eigenvalue weighted by Gasteiger charge is 2.41. The Morgan fingerprint density at radius 3 is 2.22 bits per heavy atom. The quantitative estimate of drug-likeness (QED) is 0.251. The minimum atomic E-state index is -0.261. The van der Waals surface area contributed by atoms with Crippen LogP contribution in [0.3, 0.4) is 0 Å². The van der Waals surface area contributed by atoms with Crippen molar-refractivity contribution in [1.82, 2.24) is 14.7 Å². The molecule has 0 N–H and O–H groups in total. The van der Waals surface area contributed by atoms with Crippen molar-refractivity contribution in [2.75, 3.05) is 39.8 Å². The maximum atomic E-state index is 13.5. The zero-order chi connectivity index (χ0) is 28.9. The number of hydrogen-bond acceptors (Lipinski definition) is 3. The largest absolute Gasteiger partial charge is 0.338 e. The molecule has 3 aromatic rings. The normalized spacial score (nSPS) is 20.9. The monoisotopic (exact) mass is 591 g/mol. The first-order chi connectivity index (χ1) is 19.9. The Labute approximate surface area is 254 Å². The van der Waals surface area contributed by atoms with Crippen molar-refractivity contribution in [3.63, 3.8) is 0 Å². The van der Waals surface area contributed by atoms with Crippen molar-refractivity contribution >= 4 is 35.5 Å². The molecular formula is C34H39Cl2N3O2. The molecule has 1 atom stereocenters. The fraction of sp³-hybridized carbons (Fsp3) is 0.412. The van der Waals surface area contributed by atoms with Crippen molar-refractivity contribution in [1.29, 1.82) is 0 Å². The number of carbonyl (C=O) groups is 2. The van der Waals surface area contributed by atoms with Gasteiger partial charge in [0, 0.05) is 44.2 Å². The molecule has 0 unspecified atom stereocenters. The van der Waals surface area contributed by atoms with E-state index in [1.807, 2.05) is 65.4 Å². The van der Waals surface area contributed by atoms with E-state index in [9.17, 15) is 9.59 Å². The van der Waals surface area contributed by atoms with E-state index in [2.05, 4.69) is 35.2 Å². The Balaban J connectivity index is 1.29. The van der Waals surface area contributed by atoms with Crippen LogP contribution in [0.5, 0.6) is 0 Å². The van der Waals surface area contributed by atoms with E-state index in [1.54, 1.807) is 0 Å². The van der Waals surface area contributed by atoms with Gasteiger partial charge in [-0.15, -0.1) is 0 Å². The van der Waals surface area contributed by atoms with Gasteiger partial charge in [-0.3, -0.25) is 9.59 Å². The van der Waals surface area contributed by atoms with Crippen LogP contribution in [-0.4, -0.2) is 66.8 Å². The average Bonchev–Trinajstić information content (AvgIpc) is 3.03. The molecule has 216 valence electrons. The van der Waals surface area contributed by atoms with Gasteiger partial charge in [-0.25, -0.2) is 0 Å². The first-order valence-corrected chi connectivity index (χ1v) is 15.4. The van der Waals surface area contributed by atoms with Gasteiger partial charge >= 0.3 is 0 Å². The van der Waals surface area contributed by atoms with Crippen LogP contribution in [0.4, 0.5) is 0 Å². The Morgan fingerprint density at radius 2 is 1.56 bits per heavy atom. The number of carbonyl (C=O) groups excluding carboxylic acids is 2. The Morgan fingerprint density at radius 1 is 0.878 bits per heavy atom. The average molecular weight is 593 g/mol. The summed E-state index contributed by atoms with van der Waals surface area (Å²) >= 11 is 12.8. The summed E-state index contributed by atoms with van der Waals surface area (Å²) < 4.78 is 0. The summed E-state index contributed by atoms with van der Waals surface area (Å²) in [4.78, 5) is 31.7. The summed E-state index contributed by atoms with van der Waals surface area (Å²) in [6.07, 6.45) is 6.70. The van der Waals surface area contributed by atoms with Crippen molar-refractivity contribution in [3.05, 3.63) is 106 Å². The van der Waals surface area contributed by atoms with Crippen LogP contribution >= 0.6 is 23.2 Å². The van der Waals surface area contributed by atoms with E-state index in [1.165, 1.54) is 5.56 Å².